The summed E-state index contributed by atoms with van der Waals surface area (Å²) in [6.45, 7) is 1.31. The third-order valence-electron chi connectivity index (χ3n) is 2.44. The molecule has 5 heteroatoms. The molecular formula is C14H9BrF2O2. The van der Waals surface area contributed by atoms with E-state index >= 15 is 0 Å². The number of Topliss-reactive ketones (excluding diaryl/α,β-unsaturated/α-hetero) is 1. The Kier molecular flexibility index (Phi) is 3.95. The topological polar surface area (TPSA) is 26.3 Å². The fraction of sp³-hybridized carbons (Fsp3) is 0.0714. The van der Waals surface area contributed by atoms with Crippen molar-refractivity contribution in [3.8, 4) is 11.5 Å². The molecule has 0 aliphatic heterocycles. The van der Waals surface area contributed by atoms with Gasteiger partial charge in [0.1, 0.15) is 23.1 Å². The van der Waals surface area contributed by atoms with Crippen LogP contribution in [-0.2, 0) is 0 Å². The second kappa shape index (κ2) is 5.48. The SMILES string of the molecule is CC(=O)c1cc(F)ccc1Oc1ccc(Br)c(F)c1. The van der Waals surface area contributed by atoms with Crippen LogP contribution in [0.5, 0.6) is 11.5 Å². The Labute approximate surface area is 117 Å². The zero-order valence-electron chi connectivity index (χ0n) is 9.91. The highest BCUT2D eigenvalue weighted by molar-refractivity contribution is 9.10. The van der Waals surface area contributed by atoms with Crippen LogP contribution < -0.4 is 4.74 Å². The summed E-state index contributed by atoms with van der Waals surface area (Å²) in [5.74, 6) is -0.916. The summed E-state index contributed by atoms with van der Waals surface area (Å²) >= 11 is 3.03. The van der Waals surface area contributed by atoms with Crippen molar-refractivity contribution in [2.45, 2.75) is 6.92 Å². The van der Waals surface area contributed by atoms with Crippen LogP contribution in [0.25, 0.3) is 0 Å². The van der Waals surface area contributed by atoms with Gasteiger partial charge in [-0.2, -0.15) is 0 Å². The van der Waals surface area contributed by atoms with Gasteiger partial charge in [-0.15, -0.1) is 0 Å². The number of halogens is 3. The number of carbonyl (C=O) groups is 1. The maximum atomic E-state index is 13.4. The number of rotatable bonds is 3. The minimum Gasteiger partial charge on any atom is -0.456 e. The summed E-state index contributed by atoms with van der Waals surface area (Å²) in [5.41, 5.74) is 0.114. The molecule has 0 heterocycles. The zero-order valence-corrected chi connectivity index (χ0v) is 11.5. The van der Waals surface area contributed by atoms with Gasteiger partial charge in [0, 0.05) is 6.07 Å². The Morgan fingerprint density at radius 2 is 1.89 bits per heavy atom. The zero-order chi connectivity index (χ0) is 14.0. The van der Waals surface area contributed by atoms with Crippen LogP contribution in [0.3, 0.4) is 0 Å². The molecule has 2 rings (SSSR count). The lowest BCUT2D eigenvalue weighted by Crippen LogP contribution is -1.98. The van der Waals surface area contributed by atoms with Crippen LogP contribution in [-0.4, -0.2) is 5.78 Å². The third kappa shape index (κ3) is 3.17. The monoisotopic (exact) mass is 326 g/mol. The van der Waals surface area contributed by atoms with Gasteiger partial charge in [-0.1, -0.05) is 0 Å². The predicted octanol–water partition coefficient (Wildman–Crippen LogP) is 4.72. The van der Waals surface area contributed by atoms with E-state index in [1.54, 1.807) is 6.07 Å². The summed E-state index contributed by atoms with van der Waals surface area (Å²) in [5, 5.41) is 0. The highest BCUT2D eigenvalue weighted by Gasteiger charge is 2.11. The number of carbonyl (C=O) groups excluding carboxylic acids is 1. The number of ether oxygens (including phenoxy) is 1. The molecule has 98 valence electrons. The summed E-state index contributed by atoms with van der Waals surface area (Å²) in [6, 6.07) is 7.81. The van der Waals surface area contributed by atoms with E-state index < -0.39 is 11.6 Å². The first-order valence-corrected chi connectivity index (χ1v) is 6.20. The van der Waals surface area contributed by atoms with Crippen molar-refractivity contribution in [1.29, 1.82) is 0 Å². The second-order valence-corrected chi connectivity index (χ2v) is 4.73. The lowest BCUT2D eigenvalue weighted by molar-refractivity contribution is 0.101. The Balaban J connectivity index is 2.37. The second-order valence-electron chi connectivity index (χ2n) is 3.87. The van der Waals surface area contributed by atoms with Crippen LogP contribution in [0.1, 0.15) is 17.3 Å². The van der Waals surface area contributed by atoms with Gasteiger partial charge in [-0.25, -0.2) is 8.78 Å². The molecule has 0 amide bonds. The molecule has 0 bridgehead atoms. The van der Waals surface area contributed by atoms with Crippen LogP contribution >= 0.6 is 15.9 Å². The van der Waals surface area contributed by atoms with E-state index in [-0.39, 0.29) is 22.8 Å². The summed E-state index contributed by atoms with van der Waals surface area (Å²) < 4.78 is 32.2. The Morgan fingerprint density at radius 3 is 2.53 bits per heavy atom. The van der Waals surface area contributed by atoms with E-state index in [2.05, 4.69) is 15.9 Å². The van der Waals surface area contributed by atoms with Crippen molar-refractivity contribution < 1.29 is 18.3 Å². The summed E-state index contributed by atoms with van der Waals surface area (Å²) in [4.78, 5) is 11.4. The van der Waals surface area contributed by atoms with E-state index in [0.717, 1.165) is 6.07 Å². The smallest absolute Gasteiger partial charge is 0.163 e. The standard InChI is InChI=1S/C14H9BrF2O2/c1-8(18)11-6-9(16)2-5-14(11)19-10-3-4-12(15)13(17)7-10/h2-7H,1H3. The molecule has 0 N–H and O–H groups in total. The van der Waals surface area contributed by atoms with E-state index in [1.807, 2.05) is 0 Å². The Bertz CT molecular complexity index is 641. The van der Waals surface area contributed by atoms with Gasteiger partial charge in [-0.3, -0.25) is 4.79 Å². The van der Waals surface area contributed by atoms with Crippen molar-refractivity contribution >= 4 is 21.7 Å². The first-order valence-electron chi connectivity index (χ1n) is 5.41. The van der Waals surface area contributed by atoms with E-state index in [4.69, 9.17) is 4.74 Å². The molecule has 0 aromatic heterocycles. The van der Waals surface area contributed by atoms with Gasteiger partial charge < -0.3 is 4.74 Å². The van der Waals surface area contributed by atoms with Crippen LogP contribution in [0.4, 0.5) is 8.78 Å². The molecule has 19 heavy (non-hydrogen) atoms. The van der Waals surface area contributed by atoms with Gasteiger partial charge in [0.2, 0.25) is 0 Å². The highest BCUT2D eigenvalue weighted by Crippen LogP contribution is 2.28. The van der Waals surface area contributed by atoms with Gasteiger partial charge in [0.05, 0.1) is 10.0 Å². The van der Waals surface area contributed by atoms with Crippen LogP contribution in [0.2, 0.25) is 0 Å². The van der Waals surface area contributed by atoms with Crippen molar-refractivity contribution in [3.63, 3.8) is 0 Å². The minimum absolute atomic E-state index is 0.114. The molecule has 2 aromatic carbocycles. The fourth-order valence-corrected chi connectivity index (χ4v) is 1.78. The largest absolute Gasteiger partial charge is 0.456 e. The lowest BCUT2D eigenvalue weighted by atomic mass is 10.1. The highest BCUT2D eigenvalue weighted by atomic mass is 79.9. The predicted molar refractivity (Wildman–Crippen MR) is 70.6 cm³/mol. The lowest BCUT2D eigenvalue weighted by Gasteiger charge is -2.09. The van der Waals surface area contributed by atoms with Gasteiger partial charge in [-0.05, 0) is 53.2 Å². The molecule has 0 spiro atoms. The van der Waals surface area contributed by atoms with E-state index in [1.165, 1.54) is 31.2 Å². The molecule has 0 saturated heterocycles. The first-order chi connectivity index (χ1) is 8.97. The molecule has 0 aliphatic carbocycles. The third-order valence-corrected chi connectivity index (χ3v) is 3.08. The Morgan fingerprint density at radius 1 is 1.16 bits per heavy atom. The molecule has 2 nitrogen and oxygen atoms in total. The number of benzene rings is 2. The average molecular weight is 327 g/mol. The average Bonchev–Trinajstić information content (AvgIpc) is 2.36. The summed E-state index contributed by atoms with van der Waals surface area (Å²) in [7, 11) is 0. The van der Waals surface area contributed by atoms with Gasteiger partial charge >= 0.3 is 0 Å². The quantitative estimate of drug-likeness (QED) is 0.763. The number of hydrogen-bond donors (Lipinski definition) is 0. The minimum atomic E-state index is -0.528. The van der Waals surface area contributed by atoms with Crippen LogP contribution in [0.15, 0.2) is 40.9 Å². The van der Waals surface area contributed by atoms with E-state index in [9.17, 15) is 13.6 Å². The number of hydrogen-bond acceptors (Lipinski definition) is 2. The van der Waals surface area contributed by atoms with Crippen molar-refractivity contribution in [1.82, 2.24) is 0 Å². The van der Waals surface area contributed by atoms with Crippen molar-refractivity contribution in [3.05, 3.63) is 58.1 Å². The molecule has 0 fully saturated rings. The molecule has 0 aliphatic rings. The van der Waals surface area contributed by atoms with Crippen LogP contribution in [0, 0.1) is 11.6 Å². The fourth-order valence-electron chi connectivity index (χ4n) is 1.53. The molecule has 0 atom stereocenters. The van der Waals surface area contributed by atoms with Crippen molar-refractivity contribution in [2.24, 2.45) is 0 Å². The number of ketones is 1. The summed E-state index contributed by atoms with van der Waals surface area (Å²) in [6.07, 6.45) is 0. The molecule has 0 radical (unpaired) electrons. The molecule has 2 aromatic rings. The molecule has 0 unspecified atom stereocenters. The van der Waals surface area contributed by atoms with Gasteiger partial charge in [0.25, 0.3) is 0 Å². The normalized spacial score (nSPS) is 10.3. The maximum absolute atomic E-state index is 13.4. The Hall–Kier alpha value is -1.75. The van der Waals surface area contributed by atoms with E-state index in [0.29, 0.717) is 4.47 Å². The molecule has 0 saturated carbocycles. The maximum Gasteiger partial charge on any atom is 0.163 e. The first kappa shape index (κ1) is 13.7. The van der Waals surface area contributed by atoms with Crippen molar-refractivity contribution in [2.75, 3.05) is 0 Å². The van der Waals surface area contributed by atoms with Gasteiger partial charge in [0.15, 0.2) is 5.78 Å². The molecular weight excluding hydrogens is 318 g/mol.